The summed E-state index contributed by atoms with van der Waals surface area (Å²) in [6.07, 6.45) is 17.8. The Morgan fingerprint density at radius 3 is 1.02 bits per heavy atom. The lowest BCUT2D eigenvalue weighted by Gasteiger charge is -2.44. The van der Waals surface area contributed by atoms with Crippen molar-refractivity contribution < 1.29 is 97.2 Å². The predicted octanol–water partition coefficient (Wildman–Crippen LogP) is 15.7. The number of hydrogen-bond acceptors (Lipinski definition) is 1. The van der Waals surface area contributed by atoms with E-state index in [9.17, 15) is 57.5 Å². The lowest BCUT2D eigenvalue weighted by atomic mass is 9.12. The second-order valence-corrected chi connectivity index (χ2v) is 19.3. The minimum absolute atomic E-state index is 0.142. The van der Waals surface area contributed by atoms with Crippen LogP contribution in [0.2, 0.25) is 0 Å². The molecule has 7 rings (SSSR count). The van der Waals surface area contributed by atoms with Gasteiger partial charge in [-0.15, -0.1) is 21.9 Å². The Morgan fingerprint density at radius 2 is 0.671 bits per heavy atom. The van der Waals surface area contributed by atoms with Crippen molar-refractivity contribution in [2.24, 2.45) is 0 Å². The van der Waals surface area contributed by atoms with Crippen molar-refractivity contribution in [1.82, 2.24) is 0 Å². The van der Waals surface area contributed by atoms with Crippen molar-refractivity contribution in [1.29, 1.82) is 0 Å². The highest BCUT2D eigenvalue weighted by atomic mass is 19.2. The number of ketones is 1. The number of allylic oxidation sites excluding steroid dienone is 1. The number of aromatic nitrogens is 1. The number of unbranched alkanes of at least 4 members (excludes halogenated alkanes) is 14. The van der Waals surface area contributed by atoms with Gasteiger partial charge in [-0.3, -0.25) is 4.79 Å². The van der Waals surface area contributed by atoms with Crippen molar-refractivity contribution in [3.8, 4) is 0 Å². The zero-order valence-electron chi connectivity index (χ0n) is 43.3. The molecule has 82 heavy (non-hydrogen) atoms. The maximum Gasteiger partial charge on any atom is 0.227 e. The van der Waals surface area contributed by atoms with Crippen LogP contribution >= 0.6 is 0 Å². The molecular weight excluding hydrogens is 1130 g/mol. The Labute approximate surface area is 457 Å². The maximum atomic E-state index is 15.4. The number of pyridine rings is 1. The van der Waals surface area contributed by atoms with Gasteiger partial charge in [0.1, 0.15) is 52.7 Å². The molecule has 6 aromatic carbocycles. The fourth-order valence-corrected chi connectivity index (χ4v) is 9.99. The Bertz CT molecular complexity index is 3100. The monoisotopic (exact) mass is 1180 g/mol. The van der Waals surface area contributed by atoms with E-state index in [2.05, 4.69) is 54.0 Å². The number of fused-ring (bicyclic) bond motifs is 1. The van der Waals surface area contributed by atoms with Crippen LogP contribution in [0.25, 0.3) is 17.0 Å². The van der Waals surface area contributed by atoms with E-state index in [4.69, 9.17) is 0 Å². The van der Waals surface area contributed by atoms with Crippen LogP contribution in [0.4, 0.5) is 87.8 Å². The topological polar surface area (TPSA) is 20.9 Å². The van der Waals surface area contributed by atoms with Crippen LogP contribution in [-0.4, -0.2) is 11.9 Å². The lowest BCUT2D eigenvalue weighted by Crippen LogP contribution is -2.81. The van der Waals surface area contributed by atoms with Crippen molar-refractivity contribution in [3.05, 3.63) is 200 Å². The zero-order valence-corrected chi connectivity index (χ0v) is 43.3. The first-order valence-electron chi connectivity index (χ1n) is 25.9. The van der Waals surface area contributed by atoms with Gasteiger partial charge in [0.2, 0.25) is 23.5 Å². The number of nitrogens with zero attached hydrogens (tertiary/aromatic N) is 1. The molecule has 0 aliphatic rings. The van der Waals surface area contributed by atoms with Gasteiger partial charge in [-0.05, 0) is 25.0 Å². The summed E-state index contributed by atoms with van der Waals surface area (Å²) in [5, 5.41) is 1.16. The zero-order chi connectivity index (χ0) is 60.3. The van der Waals surface area contributed by atoms with Crippen LogP contribution in [0.15, 0.2) is 72.8 Å². The highest BCUT2D eigenvalue weighted by molar-refractivity contribution is 7.20. The van der Waals surface area contributed by atoms with E-state index in [0.717, 1.165) is 28.6 Å². The molecule has 0 saturated heterocycles. The summed E-state index contributed by atoms with van der Waals surface area (Å²) in [5.74, 6) is -71.3. The van der Waals surface area contributed by atoms with Crippen molar-refractivity contribution in [3.63, 3.8) is 0 Å². The predicted molar refractivity (Wildman–Crippen MR) is 268 cm³/mol. The van der Waals surface area contributed by atoms with Gasteiger partial charge < -0.3 is 0 Å². The van der Waals surface area contributed by atoms with Crippen molar-refractivity contribution in [2.45, 2.75) is 110 Å². The average molecular weight is 1180 g/mol. The van der Waals surface area contributed by atoms with Gasteiger partial charge in [-0.25, -0.2) is 87.8 Å². The molecule has 23 heteroatoms. The van der Waals surface area contributed by atoms with E-state index >= 15 is 35.1 Å². The van der Waals surface area contributed by atoms with E-state index in [1.165, 1.54) is 89.9 Å². The molecule has 0 spiro atoms. The molecule has 0 fully saturated rings. The molecule has 0 amide bonds. The number of carbonyl (C=O) groups is 1. The molecule has 0 saturated carbocycles. The second-order valence-electron chi connectivity index (χ2n) is 19.3. The smallest absolute Gasteiger partial charge is 0.227 e. The van der Waals surface area contributed by atoms with Crippen LogP contribution in [0.5, 0.6) is 0 Å². The van der Waals surface area contributed by atoms with E-state index in [0.29, 0.717) is 6.54 Å². The average Bonchev–Trinajstić information content (AvgIpc) is 1.83. The van der Waals surface area contributed by atoms with Crippen LogP contribution < -0.4 is 26.4 Å². The first-order valence-corrected chi connectivity index (χ1v) is 25.9. The number of benzene rings is 6. The lowest BCUT2D eigenvalue weighted by molar-refractivity contribution is -0.658. The third-order valence-electron chi connectivity index (χ3n) is 14.1. The van der Waals surface area contributed by atoms with Gasteiger partial charge in [-0.2, -0.15) is 4.57 Å². The van der Waals surface area contributed by atoms with Gasteiger partial charge in [0.05, 0.1) is 0 Å². The Kier molecular flexibility index (Phi) is 22.0. The van der Waals surface area contributed by atoms with Gasteiger partial charge in [0, 0.05) is 29.2 Å². The Balaban J connectivity index is 0.000000269. The summed E-state index contributed by atoms with van der Waals surface area (Å²) < 4.78 is 296. The number of halogens is 20. The molecule has 0 bridgehead atoms. The molecule has 1 aromatic heterocycles. The maximum absolute atomic E-state index is 15.4. The molecular formula is C59H48BF20NO. The molecule has 0 N–H and O–H groups in total. The first kappa shape index (κ1) is 64.0. The number of Topliss-reactive ketones (excluding diaryl/α,β-unsaturated/α-hetero) is 1. The van der Waals surface area contributed by atoms with Crippen LogP contribution in [0.1, 0.15) is 119 Å². The summed E-state index contributed by atoms with van der Waals surface area (Å²) in [4.78, 5) is 13.0. The summed E-state index contributed by atoms with van der Waals surface area (Å²) >= 11 is 0. The van der Waals surface area contributed by atoms with Crippen LogP contribution in [0.3, 0.4) is 0 Å². The van der Waals surface area contributed by atoms with Crippen molar-refractivity contribution in [2.75, 3.05) is 0 Å². The van der Waals surface area contributed by atoms with E-state index in [-0.39, 0.29) is 5.78 Å². The van der Waals surface area contributed by atoms with Gasteiger partial charge in [0.25, 0.3) is 0 Å². The minimum atomic E-state index is -7.22. The molecule has 0 radical (unpaired) electrons. The molecule has 0 atom stereocenters. The number of carbonyl (C=O) groups excluding carboxylic acids is 1. The largest absolute Gasteiger partial charge is 0.287 e. The minimum Gasteiger partial charge on any atom is -0.287 e. The fraction of sp³-hybridized carbons (Fsp3) is 0.288. The molecule has 0 aliphatic carbocycles. The number of hydrogen-bond donors (Lipinski definition) is 0. The molecule has 438 valence electrons. The quantitative estimate of drug-likeness (QED) is 0.0119. The Morgan fingerprint density at radius 1 is 0.366 bits per heavy atom. The van der Waals surface area contributed by atoms with E-state index < -0.39 is 144 Å². The highest BCUT2D eigenvalue weighted by Crippen LogP contribution is 2.31. The molecule has 1 heterocycles. The second kappa shape index (κ2) is 28.2. The first-order chi connectivity index (χ1) is 39.0. The highest BCUT2D eigenvalue weighted by Gasteiger charge is 2.52. The summed E-state index contributed by atoms with van der Waals surface area (Å²) in [5.41, 5.74) is -11.4. The van der Waals surface area contributed by atoms with E-state index in [1.54, 1.807) is 0 Å². The third kappa shape index (κ3) is 12.9. The SMILES string of the molecule is CCCCCCCCCCCCCCCCC=Cc1ccc2ccccc2[n+]1CC(=O)c1ccccc1.Fc1c(F)c(F)c([B-](c2c(F)c(F)c(F)c(F)c2F)(c2c(F)c(F)c(F)c(F)c2F)c2c(F)c(F)c(F)c(F)c2F)c(F)c1F. The van der Waals surface area contributed by atoms with Crippen LogP contribution in [-0.2, 0) is 6.54 Å². The fourth-order valence-electron chi connectivity index (χ4n) is 9.99. The van der Waals surface area contributed by atoms with Gasteiger partial charge >= 0.3 is 0 Å². The molecule has 0 unspecified atom stereocenters. The normalized spacial score (nSPS) is 11.8. The standard InChI is InChI=1S/C35H48NO.C24BF20/c1-2-3-4-5-6-7-8-9-10-11-12-13-14-15-16-20-26-33-29-28-31-23-21-22-27-34(31)36(33)30-35(37)32-24-18-17-19-25-32;26-5-1(6(27)14(35)21(42)13(5)34)25(2-7(28)15(36)22(43)16(37)8(2)29,3-9(30)17(38)23(44)18(39)10(3)31)4-11(32)19(40)24(45)20(41)12(4)33/h17-29H,2-16,30H2,1H3;/q+1;-1. The summed E-state index contributed by atoms with van der Waals surface area (Å²) in [6.45, 7) is 2.64. The van der Waals surface area contributed by atoms with Gasteiger partial charge in [0.15, 0.2) is 69.8 Å². The number of para-hydroxylation sites is 1. The summed E-state index contributed by atoms with van der Waals surface area (Å²) in [7, 11) is 0. The van der Waals surface area contributed by atoms with Crippen LogP contribution in [0, 0.1) is 116 Å². The van der Waals surface area contributed by atoms with Gasteiger partial charge in [-0.1, -0.05) is 139 Å². The van der Waals surface area contributed by atoms with E-state index in [1.807, 2.05) is 36.4 Å². The molecule has 2 nitrogen and oxygen atoms in total. The summed E-state index contributed by atoms with van der Waals surface area (Å²) in [6, 6.07) is 22.2. The molecule has 7 aromatic rings. The third-order valence-corrected chi connectivity index (χ3v) is 14.1. The Hall–Kier alpha value is -7.20. The molecule has 0 aliphatic heterocycles. The van der Waals surface area contributed by atoms with Crippen molar-refractivity contribution >= 4 is 50.8 Å². The number of rotatable bonds is 23.